The minimum absolute atomic E-state index is 0.590. The first-order valence-corrected chi connectivity index (χ1v) is 2.27. The number of hydrogen-bond donors (Lipinski definition) is 1. The SMILES string of the molecule is C[n+]1ccc(C#N)[nH]1. The highest BCUT2D eigenvalue weighted by Crippen LogP contribution is 1.81. The molecule has 0 saturated carbocycles. The maximum Gasteiger partial charge on any atom is 0.196 e. The largest absolute Gasteiger partial charge is 0.196 e. The van der Waals surface area contributed by atoms with Gasteiger partial charge < -0.3 is 0 Å². The first kappa shape index (κ1) is 4.85. The predicted octanol–water partition coefficient (Wildman–Crippen LogP) is -0.289. The Morgan fingerprint density at radius 3 is 2.88 bits per heavy atom. The van der Waals surface area contributed by atoms with Crippen molar-refractivity contribution in [2.24, 2.45) is 7.05 Å². The lowest BCUT2D eigenvalue weighted by atomic mass is 10.5. The minimum atomic E-state index is 0.590. The number of nitrogens with zero attached hydrogens (tertiary/aromatic N) is 2. The zero-order valence-corrected chi connectivity index (χ0v) is 4.55. The summed E-state index contributed by atoms with van der Waals surface area (Å²) in [5.74, 6) is 0. The molecule has 1 aromatic heterocycles. The van der Waals surface area contributed by atoms with Crippen molar-refractivity contribution >= 4 is 0 Å². The molecule has 0 aliphatic rings. The zero-order chi connectivity index (χ0) is 5.98. The molecule has 3 heteroatoms. The lowest BCUT2D eigenvalue weighted by Gasteiger charge is -1.69. The molecule has 0 fully saturated rings. The van der Waals surface area contributed by atoms with E-state index in [4.69, 9.17) is 5.26 Å². The molecule has 1 rings (SSSR count). The van der Waals surface area contributed by atoms with E-state index in [1.54, 1.807) is 16.9 Å². The Balaban J connectivity index is 3.05. The van der Waals surface area contributed by atoms with Gasteiger partial charge in [0, 0.05) is 6.07 Å². The van der Waals surface area contributed by atoms with E-state index < -0.39 is 0 Å². The molecule has 0 bridgehead atoms. The molecule has 1 heterocycles. The summed E-state index contributed by atoms with van der Waals surface area (Å²) in [5.41, 5.74) is 0.590. The Labute approximate surface area is 47.2 Å². The maximum absolute atomic E-state index is 8.26. The van der Waals surface area contributed by atoms with Gasteiger partial charge in [-0.05, 0) is 0 Å². The molecule has 3 nitrogen and oxygen atoms in total. The number of aryl methyl sites for hydroxylation is 1. The van der Waals surface area contributed by atoms with Crippen LogP contribution in [0, 0.1) is 11.3 Å². The molecule has 1 N–H and O–H groups in total. The van der Waals surface area contributed by atoms with Crippen molar-refractivity contribution < 1.29 is 4.68 Å². The smallest absolute Gasteiger partial charge is 0.191 e. The van der Waals surface area contributed by atoms with E-state index >= 15 is 0 Å². The monoisotopic (exact) mass is 108 g/mol. The van der Waals surface area contributed by atoms with Crippen LogP contribution in [0.3, 0.4) is 0 Å². The molecule has 0 amide bonds. The molecular formula is C5H6N3+. The van der Waals surface area contributed by atoms with Crippen molar-refractivity contribution in [3.63, 3.8) is 0 Å². The second kappa shape index (κ2) is 1.66. The Morgan fingerprint density at radius 2 is 2.62 bits per heavy atom. The standard InChI is InChI=1S/C5H5N3/c1-8-3-2-5(4-6)7-8/h2-3H,1H3/p+1. The topological polar surface area (TPSA) is 43.5 Å². The molecule has 8 heavy (non-hydrogen) atoms. The second-order valence-electron chi connectivity index (χ2n) is 1.56. The van der Waals surface area contributed by atoms with E-state index in [0.717, 1.165) is 0 Å². The van der Waals surface area contributed by atoms with Gasteiger partial charge in [-0.1, -0.05) is 0 Å². The summed E-state index contributed by atoms with van der Waals surface area (Å²) in [7, 11) is 1.83. The van der Waals surface area contributed by atoms with E-state index in [9.17, 15) is 0 Å². The van der Waals surface area contributed by atoms with Gasteiger partial charge in [0.1, 0.15) is 6.07 Å². The van der Waals surface area contributed by atoms with E-state index in [0.29, 0.717) is 5.69 Å². The first-order chi connectivity index (χ1) is 3.83. The summed E-state index contributed by atoms with van der Waals surface area (Å²) in [5, 5.41) is 11.0. The normalized spacial score (nSPS) is 8.50. The summed E-state index contributed by atoms with van der Waals surface area (Å²) in [6.07, 6.45) is 1.79. The van der Waals surface area contributed by atoms with Crippen molar-refractivity contribution in [2.75, 3.05) is 0 Å². The summed E-state index contributed by atoms with van der Waals surface area (Å²) in [6, 6.07) is 3.69. The summed E-state index contributed by atoms with van der Waals surface area (Å²) in [4.78, 5) is 0. The van der Waals surface area contributed by atoms with E-state index in [2.05, 4.69) is 5.10 Å². The highest BCUT2D eigenvalue weighted by Gasteiger charge is 1.94. The van der Waals surface area contributed by atoms with Crippen molar-refractivity contribution in [1.82, 2.24) is 5.10 Å². The molecule has 0 atom stereocenters. The van der Waals surface area contributed by atoms with Crippen LogP contribution in [0.25, 0.3) is 0 Å². The number of aromatic amines is 1. The lowest BCUT2D eigenvalue weighted by molar-refractivity contribution is -0.726. The minimum Gasteiger partial charge on any atom is -0.191 e. The van der Waals surface area contributed by atoms with Gasteiger partial charge in [0.25, 0.3) is 0 Å². The Morgan fingerprint density at radius 1 is 1.88 bits per heavy atom. The van der Waals surface area contributed by atoms with Crippen LogP contribution in [0.2, 0.25) is 0 Å². The first-order valence-electron chi connectivity index (χ1n) is 2.27. The molecular weight excluding hydrogens is 102 g/mol. The molecule has 40 valence electrons. The second-order valence-corrected chi connectivity index (χ2v) is 1.56. The Kier molecular flexibility index (Phi) is 1.01. The summed E-state index contributed by atoms with van der Waals surface area (Å²) >= 11 is 0. The van der Waals surface area contributed by atoms with E-state index in [1.165, 1.54) is 0 Å². The van der Waals surface area contributed by atoms with Crippen molar-refractivity contribution in [3.05, 3.63) is 18.0 Å². The molecule has 0 saturated heterocycles. The van der Waals surface area contributed by atoms with Gasteiger partial charge in [-0.15, -0.1) is 4.68 Å². The van der Waals surface area contributed by atoms with Gasteiger partial charge in [0.15, 0.2) is 18.9 Å². The third-order valence-corrected chi connectivity index (χ3v) is 0.882. The van der Waals surface area contributed by atoms with Gasteiger partial charge in [-0.25, -0.2) is 0 Å². The van der Waals surface area contributed by atoms with Crippen LogP contribution in [0.1, 0.15) is 5.69 Å². The zero-order valence-electron chi connectivity index (χ0n) is 4.55. The fraction of sp³-hybridized carbons (Fsp3) is 0.200. The highest BCUT2D eigenvalue weighted by atomic mass is 15.2. The van der Waals surface area contributed by atoms with E-state index in [1.807, 2.05) is 13.1 Å². The lowest BCUT2D eigenvalue weighted by Crippen LogP contribution is -2.28. The Hall–Kier alpha value is -1.30. The van der Waals surface area contributed by atoms with Crippen LogP contribution in [0.4, 0.5) is 0 Å². The molecule has 0 unspecified atom stereocenters. The number of aromatic nitrogens is 2. The number of nitriles is 1. The summed E-state index contributed by atoms with van der Waals surface area (Å²) < 4.78 is 1.72. The van der Waals surface area contributed by atoms with Crippen molar-refractivity contribution in [3.8, 4) is 6.07 Å². The van der Waals surface area contributed by atoms with Gasteiger partial charge in [0.05, 0.1) is 0 Å². The van der Waals surface area contributed by atoms with Crippen molar-refractivity contribution in [1.29, 1.82) is 5.26 Å². The van der Waals surface area contributed by atoms with Crippen LogP contribution in [0.15, 0.2) is 12.3 Å². The molecule has 0 aliphatic heterocycles. The number of nitrogens with one attached hydrogen (secondary N) is 1. The summed E-state index contributed by atoms with van der Waals surface area (Å²) in [6.45, 7) is 0. The number of H-pyrrole nitrogens is 1. The molecule has 0 aliphatic carbocycles. The average Bonchev–Trinajstić information content (AvgIpc) is 2.14. The third-order valence-electron chi connectivity index (χ3n) is 0.882. The number of hydrogen-bond acceptors (Lipinski definition) is 1. The van der Waals surface area contributed by atoms with Crippen LogP contribution in [-0.4, -0.2) is 5.10 Å². The van der Waals surface area contributed by atoms with Crippen LogP contribution >= 0.6 is 0 Å². The molecule has 1 aromatic rings. The van der Waals surface area contributed by atoms with Crippen LogP contribution in [-0.2, 0) is 7.05 Å². The predicted molar refractivity (Wildman–Crippen MR) is 26.7 cm³/mol. The quantitative estimate of drug-likeness (QED) is 0.456. The van der Waals surface area contributed by atoms with Gasteiger partial charge in [0.2, 0.25) is 0 Å². The highest BCUT2D eigenvalue weighted by molar-refractivity contribution is 5.13. The maximum atomic E-state index is 8.26. The third kappa shape index (κ3) is 0.684. The molecule has 0 aromatic carbocycles. The van der Waals surface area contributed by atoms with Gasteiger partial charge in [-0.2, -0.15) is 10.4 Å². The number of rotatable bonds is 0. The molecule has 0 radical (unpaired) electrons. The fourth-order valence-corrected chi connectivity index (χ4v) is 0.513. The Bertz CT molecular complexity index is 218. The fourth-order valence-electron chi connectivity index (χ4n) is 0.513. The van der Waals surface area contributed by atoms with Gasteiger partial charge in [-0.3, -0.25) is 0 Å². The van der Waals surface area contributed by atoms with Crippen LogP contribution < -0.4 is 4.68 Å². The average molecular weight is 108 g/mol. The van der Waals surface area contributed by atoms with Gasteiger partial charge >= 0.3 is 0 Å². The van der Waals surface area contributed by atoms with Crippen molar-refractivity contribution in [2.45, 2.75) is 0 Å². The van der Waals surface area contributed by atoms with E-state index in [-0.39, 0.29) is 0 Å². The molecule has 0 spiro atoms. The van der Waals surface area contributed by atoms with Crippen LogP contribution in [0.5, 0.6) is 0 Å².